The van der Waals surface area contributed by atoms with Crippen LogP contribution in [-0.4, -0.2) is 81.5 Å². The van der Waals surface area contributed by atoms with Gasteiger partial charge < -0.3 is 25.0 Å². The minimum absolute atomic E-state index is 0.0522. The van der Waals surface area contributed by atoms with Gasteiger partial charge in [-0.15, -0.1) is 0 Å². The van der Waals surface area contributed by atoms with Crippen molar-refractivity contribution in [2.75, 3.05) is 54.5 Å². The van der Waals surface area contributed by atoms with Crippen molar-refractivity contribution in [2.24, 2.45) is 5.41 Å². The molecule has 2 aliphatic heterocycles. The molecule has 2 aliphatic rings. The summed E-state index contributed by atoms with van der Waals surface area (Å²) in [6.45, 7) is 11.5. The zero-order valence-electron chi connectivity index (χ0n) is 21.4. The molecule has 36 heavy (non-hydrogen) atoms. The van der Waals surface area contributed by atoms with Crippen molar-refractivity contribution in [2.45, 2.75) is 52.4 Å². The number of rotatable bonds is 6. The highest BCUT2D eigenvalue weighted by atomic mass is 19.1. The van der Waals surface area contributed by atoms with Crippen molar-refractivity contribution in [3.05, 3.63) is 24.5 Å². The maximum Gasteiger partial charge on any atom is 0.227 e. The number of pyridine rings is 1. The van der Waals surface area contributed by atoms with E-state index in [1.807, 2.05) is 26.1 Å². The average Bonchev–Trinajstić information content (AvgIpc) is 3.26. The van der Waals surface area contributed by atoms with Gasteiger partial charge in [-0.2, -0.15) is 10.1 Å². The summed E-state index contributed by atoms with van der Waals surface area (Å²) < 4.78 is 22.1. The van der Waals surface area contributed by atoms with E-state index in [-0.39, 0.29) is 12.6 Å². The number of aliphatic hydroxyl groups excluding tert-OH is 1. The maximum absolute atomic E-state index is 14.5. The first-order chi connectivity index (χ1) is 17.3. The number of alkyl halides is 1. The lowest BCUT2D eigenvalue weighted by Crippen LogP contribution is -2.55. The van der Waals surface area contributed by atoms with Crippen LogP contribution in [0.3, 0.4) is 0 Å². The zero-order valence-corrected chi connectivity index (χ0v) is 21.4. The Hall–Kier alpha value is -3.05. The lowest BCUT2D eigenvalue weighted by molar-refractivity contribution is -0.0257. The first kappa shape index (κ1) is 24.6. The Morgan fingerprint density at radius 2 is 2.00 bits per heavy atom. The van der Waals surface area contributed by atoms with Gasteiger partial charge in [0.15, 0.2) is 5.82 Å². The van der Waals surface area contributed by atoms with Crippen LogP contribution in [0.25, 0.3) is 10.9 Å². The van der Waals surface area contributed by atoms with E-state index in [0.717, 1.165) is 36.2 Å². The zero-order chi connectivity index (χ0) is 25.4. The fourth-order valence-corrected chi connectivity index (χ4v) is 4.91. The number of nitrogens with one attached hydrogen (secondary N) is 1. The summed E-state index contributed by atoms with van der Waals surface area (Å²) in [5, 5.41) is 19.4. The van der Waals surface area contributed by atoms with Gasteiger partial charge >= 0.3 is 0 Å². The minimum Gasteiger partial charge on any atom is -0.389 e. The van der Waals surface area contributed by atoms with Crippen LogP contribution in [0.15, 0.2) is 24.5 Å². The lowest BCUT2D eigenvalue weighted by atomic mass is 9.80. The molecule has 194 valence electrons. The largest absolute Gasteiger partial charge is 0.389 e. The molecule has 3 aromatic heterocycles. The number of fused-ring (bicyclic) bond motifs is 1. The van der Waals surface area contributed by atoms with Crippen molar-refractivity contribution in [3.8, 4) is 0 Å². The molecule has 5 rings (SSSR count). The van der Waals surface area contributed by atoms with E-state index in [0.29, 0.717) is 37.3 Å². The van der Waals surface area contributed by atoms with Gasteiger partial charge in [-0.1, -0.05) is 20.8 Å². The lowest BCUT2D eigenvalue weighted by Gasteiger charge is -2.43. The smallest absolute Gasteiger partial charge is 0.227 e. The van der Waals surface area contributed by atoms with E-state index >= 15 is 0 Å². The molecule has 0 aliphatic carbocycles. The molecule has 2 fully saturated rings. The van der Waals surface area contributed by atoms with Crippen LogP contribution >= 0.6 is 0 Å². The number of ether oxygens (including phenoxy) is 1. The summed E-state index contributed by atoms with van der Waals surface area (Å²) in [7, 11) is 0. The van der Waals surface area contributed by atoms with E-state index < -0.39 is 17.7 Å². The van der Waals surface area contributed by atoms with E-state index in [9.17, 15) is 9.50 Å². The topological polar surface area (TPSA) is 104 Å². The van der Waals surface area contributed by atoms with Crippen molar-refractivity contribution < 1.29 is 14.2 Å². The number of anilines is 4. The molecule has 3 atom stereocenters. The highest BCUT2D eigenvalue weighted by molar-refractivity contribution is 5.92. The second-order valence-corrected chi connectivity index (χ2v) is 10.4. The first-order valence-corrected chi connectivity index (χ1v) is 12.6. The Balaban J connectivity index is 1.43. The van der Waals surface area contributed by atoms with Crippen LogP contribution < -0.4 is 15.1 Å². The molecule has 0 saturated carbocycles. The fourth-order valence-electron chi connectivity index (χ4n) is 4.91. The quantitative estimate of drug-likeness (QED) is 0.530. The van der Waals surface area contributed by atoms with Crippen LogP contribution in [0.5, 0.6) is 0 Å². The summed E-state index contributed by atoms with van der Waals surface area (Å²) >= 11 is 0. The third-order valence-electron chi connectivity index (χ3n) is 7.21. The Kier molecular flexibility index (Phi) is 6.69. The highest BCUT2D eigenvalue weighted by Gasteiger charge is 2.42. The minimum atomic E-state index is -1.36. The Morgan fingerprint density at radius 3 is 2.72 bits per heavy atom. The normalized spacial score (nSPS) is 23.2. The Morgan fingerprint density at radius 1 is 1.22 bits per heavy atom. The molecule has 10 nitrogen and oxygen atoms in total. The number of aliphatic hydroxyl groups is 1. The predicted molar refractivity (Wildman–Crippen MR) is 138 cm³/mol. The number of hydrogen-bond acceptors (Lipinski definition) is 9. The summed E-state index contributed by atoms with van der Waals surface area (Å²) in [6.07, 6.45) is 2.09. The molecular formula is C25H35FN8O2. The molecule has 5 heterocycles. The van der Waals surface area contributed by atoms with E-state index in [2.05, 4.69) is 43.7 Å². The molecule has 11 heteroatoms. The van der Waals surface area contributed by atoms with E-state index in [4.69, 9.17) is 9.84 Å². The van der Waals surface area contributed by atoms with Crippen LogP contribution in [-0.2, 0) is 4.74 Å². The monoisotopic (exact) mass is 498 g/mol. The molecule has 2 saturated heterocycles. The second-order valence-electron chi connectivity index (χ2n) is 10.4. The van der Waals surface area contributed by atoms with Gasteiger partial charge in [0.25, 0.3) is 0 Å². The van der Waals surface area contributed by atoms with Crippen molar-refractivity contribution in [3.63, 3.8) is 0 Å². The van der Waals surface area contributed by atoms with Gasteiger partial charge in [-0.3, -0.25) is 4.68 Å². The Labute approximate surface area is 210 Å². The van der Waals surface area contributed by atoms with Gasteiger partial charge in [0.2, 0.25) is 5.95 Å². The summed E-state index contributed by atoms with van der Waals surface area (Å²) in [4.78, 5) is 17.7. The second kappa shape index (κ2) is 9.78. The number of halogens is 1. The van der Waals surface area contributed by atoms with Gasteiger partial charge in [-0.25, -0.2) is 14.4 Å². The van der Waals surface area contributed by atoms with Gasteiger partial charge in [-0.05, 0) is 19.4 Å². The first-order valence-electron chi connectivity index (χ1n) is 12.6. The third kappa shape index (κ3) is 4.69. The molecule has 0 bridgehead atoms. The van der Waals surface area contributed by atoms with E-state index in [1.165, 1.54) is 0 Å². The SMILES string of the molecule is CCC(C)n1nc(N2CCOCC2)c2cnc(Nc3ccnc(N4C[C@@H](F)[C@@H](O)C(C)(C)C4)n3)cc21. The molecule has 0 amide bonds. The van der Waals surface area contributed by atoms with Crippen molar-refractivity contribution in [1.29, 1.82) is 0 Å². The number of nitrogens with zero attached hydrogens (tertiary/aromatic N) is 7. The van der Waals surface area contributed by atoms with Crippen LogP contribution in [0.4, 0.5) is 27.8 Å². The van der Waals surface area contributed by atoms with Crippen LogP contribution in [0.2, 0.25) is 0 Å². The molecule has 1 unspecified atom stereocenters. The van der Waals surface area contributed by atoms with Crippen molar-refractivity contribution in [1.82, 2.24) is 24.7 Å². The van der Waals surface area contributed by atoms with Gasteiger partial charge in [0, 0.05) is 49.6 Å². The number of morpholine rings is 1. The highest BCUT2D eigenvalue weighted by Crippen LogP contribution is 2.34. The summed E-state index contributed by atoms with van der Waals surface area (Å²) in [5.41, 5.74) is 0.397. The van der Waals surface area contributed by atoms with E-state index in [1.54, 1.807) is 17.2 Å². The maximum atomic E-state index is 14.5. The molecule has 3 aromatic rings. The molecule has 0 radical (unpaired) electrons. The predicted octanol–water partition coefficient (Wildman–Crippen LogP) is 3.32. The van der Waals surface area contributed by atoms with Gasteiger partial charge in [0.05, 0.1) is 36.8 Å². The van der Waals surface area contributed by atoms with Gasteiger partial charge in [0.1, 0.15) is 17.8 Å². The standard InChI is InChI=1S/C25H35FN8O2/c1-5-16(2)34-19-12-21(28-13-17(19)23(31-34)32-8-10-36-11-9-32)29-20-6-7-27-24(30-20)33-14-18(26)22(35)25(3,4)15-33/h6-7,12-13,16,18,22,35H,5,8-11,14-15H2,1-4H3,(H,27,28,29,30)/t16?,18-,22-/m1/s1. The van der Waals surface area contributed by atoms with Crippen LogP contribution in [0.1, 0.15) is 40.2 Å². The number of aromatic nitrogens is 5. The third-order valence-corrected chi connectivity index (χ3v) is 7.21. The van der Waals surface area contributed by atoms with Crippen LogP contribution in [0, 0.1) is 5.41 Å². The molecule has 2 N–H and O–H groups in total. The summed E-state index contributed by atoms with van der Waals surface area (Å²) in [6, 6.07) is 3.99. The average molecular weight is 499 g/mol. The summed E-state index contributed by atoms with van der Waals surface area (Å²) in [5.74, 6) is 2.56. The fraction of sp³-hybridized carbons (Fsp3) is 0.600. The number of piperidine rings is 1. The van der Waals surface area contributed by atoms with Crippen molar-refractivity contribution >= 4 is 34.3 Å². The molecule has 0 aromatic carbocycles. The molecular weight excluding hydrogens is 463 g/mol. The number of hydrogen-bond donors (Lipinski definition) is 2. The molecule has 0 spiro atoms. The Bertz CT molecular complexity index is 1210.